The third-order valence-electron chi connectivity index (χ3n) is 5.07. The van der Waals surface area contributed by atoms with Crippen molar-refractivity contribution in [1.29, 1.82) is 0 Å². The highest BCUT2D eigenvalue weighted by Gasteiger charge is 2.26. The van der Waals surface area contributed by atoms with E-state index in [2.05, 4.69) is 42.1 Å². The van der Waals surface area contributed by atoms with E-state index in [4.69, 9.17) is 9.26 Å². The standard InChI is InChI=1S/C20H28N2O2/c1-14-11-19(23-4)15(2)10-17(14)13-22-9-7-5-6-8-18(22)20-12-16(3)21-24-20/h10-12,18H,5-9,13H2,1-4H3. The van der Waals surface area contributed by atoms with Crippen molar-refractivity contribution in [2.24, 2.45) is 0 Å². The van der Waals surface area contributed by atoms with E-state index >= 15 is 0 Å². The lowest BCUT2D eigenvalue weighted by Crippen LogP contribution is -2.28. The molecule has 0 radical (unpaired) electrons. The smallest absolute Gasteiger partial charge is 0.154 e. The van der Waals surface area contributed by atoms with Crippen molar-refractivity contribution in [3.05, 3.63) is 46.3 Å². The summed E-state index contributed by atoms with van der Waals surface area (Å²) >= 11 is 0. The first-order valence-corrected chi connectivity index (χ1v) is 8.90. The lowest BCUT2D eigenvalue weighted by molar-refractivity contribution is 0.159. The van der Waals surface area contributed by atoms with Crippen LogP contribution in [0.15, 0.2) is 22.7 Å². The van der Waals surface area contributed by atoms with Crippen LogP contribution in [0.1, 0.15) is 59.9 Å². The summed E-state index contributed by atoms with van der Waals surface area (Å²) in [4.78, 5) is 2.56. The van der Waals surface area contributed by atoms with Gasteiger partial charge in [0, 0.05) is 12.6 Å². The van der Waals surface area contributed by atoms with E-state index in [1.807, 2.05) is 6.92 Å². The maximum absolute atomic E-state index is 5.61. The van der Waals surface area contributed by atoms with Crippen LogP contribution in [0.3, 0.4) is 0 Å². The predicted octanol–water partition coefficient (Wildman–Crippen LogP) is 4.73. The molecule has 1 aromatic heterocycles. The average Bonchev–Trinajstić information content (AvgIpc) is 2.85. The molecule has 1 aromatic carbocycles. The molecule has 2 aromatic rings. The summed E-state index contributed by atoms with van der Waals surface area (Å²) in [5, 5.41) is 4.10. The minimum Gasteiger partial charge on any atom is -0.496 e. The van der Waals surface area contributed by atoms with Gasteiger partial charge in [0.1, 0.15) is 5.75 Å². The van der Waals surface area contributed by atoms with Gasteiger partial charge in [-0.3, -0.25) is 4.90 Å². The molecule has 4 nitrogen and oxygen atoms in total. The van der Waals surface area contributed by atoms with Gasteiger partial charge in [-0.1, -0.05) is 24.1 Å². The van der Waals surface area contributed by atoms with Crippen molar-refractivity contribution < 1.29 is 9.26 Å². The predicted molar refractivity (Wildman–Crippen MR) is 95.3 cm³/mol. The Morgan fingerprint density at radius 2 is 1.96 bits per heavy atom. The van der Waals surface area contributed by atoms with Crippen LogP contribution in [0.5, 0.6) is 5.75 Å². The average molecular weight is 328 g/mol. The molecule has 1 fully saturated rings. The molecule has 2 heterocycles. The summed E-state index contributed by atoms with van der Waals surface area (Å²) in [5.41, 5.74) is 4.82. The number of rotatable bonds is 4. The van der Waals surface area contributed by atoms with E-state index in [0.717, 1.165) is 36.7 Å². The van der Waals surface area contributed by atoms with Gasteiger partial charge in [-0.15, -0.1) is 0 Å². The van der Waals surface area contributed by atoms with Crippen LogP contribution >= 0.6 is 0 Å². The van der Waals surface area contributed by atoms with Crippen LogP contribution in [0.2, 0.25) is 0 Å². The molecule has 0 bridgehead atoms. The third kappa shape index (κ3) is 3.64. The van der Waals surface area contributed by atoms with Crippen molar-refractivity contribution in [3.63, 3.8) is 0 Å². The van der Waals surface area contributed by atoms with Crippen LogP contribution in [0.4, 0.5) is 0 Å². The summed E-state index contributed by atoms with van der Waals surface area (Å²) in [7, 11) is 1.73. The first kappa shape index (κ1) is 17.0. The molecule has 0 amide bonds. The normalized spacial score (nSPS) is 19.2. The fraction of sp³-hybridized carbons (Fsp3) is 0.550. The van der Waals surface area contributed by atoms with Crippen LogP contribution in [-0.4, -0.2) is 23.7 Å². The summed E-state index contributed by atoms with van der Waals surface area (Å²) in [6, 6.07) is 6.84. The molecule has 1 saturated heterocycles. The van der Waals surface area contributed by atoms with Gasteiger partial charge in [0.2, 0.25) is 0 Å². The van der Waals surface area contributed by atoms with Crippen molar-refractivity contribution in [2.75, 3.05) is 13.7 Å². The van der Waals surface area contributed by atoms with E-state index in [-0.39, 0.29) is 0 Å². The van der Waals surface area contributed by atoms with Gasteiger partial charge in [-0.05, 0) is 62.9 Å². The summed E-state index contributed by atoms with van der Waals surface area (Å²) in [5.74, 6) is 1.98. The molecule has 24 heavy (non-hydrogen) atoms. The van der Waals surface area contributed by atoms with Gasteiger partial charge in [0.25, 0.3) is 0 Å². The van der Waals surface area contributed by atoms with E-state index < -0.39 is 0 Å². The highest BCUT2D eigenvalue weighted by Crippen LogP contribution is 2.33. The van der Waals surface area contributed by atoms with E-state index in [9.17, 15) is 0 Å². The van der Waals surface area contributed by atoms with Gasteiger partial charge < -0.3 is 9.26 Å². The second kappa shape index (κ2) is 7.39. The Labute approximate surface area is 144 Å². The van der Waals surface area contributed by atoms with Crippen molar-refractivity contribution >= 4 is 0 Å². The SMILES string of the molecule is COc1cc(C)c(CN2CCCCCC2c2cc(C)no2)cc1C. The van der Waals surface area contributed by atoms with E-state index in [1.165, 1.54) is 36.0 Å². The minimum absolute atomic E-state index is 0.329. The number of hydrogen-bond donors (Lipinski definition) is 0. The molecule has 4 heteroatoms. The Bertz CT molecular complexity index is 693. The lowest BCUT2D eigenvalue weighted by Gasteiger charge is -2.29. The fourth-order valence-electron chi connectivity index (χ4n) is 3.68. The van der Waals surface area contributed by atoms with Gasteiger partial charge in [-0.2, -0.15) is 0 Å². The molecule has 0 saturated carbocycles. The Morgan fingerprint density at radius 1 is 1.12 bits per heavy atom. The number of nitrogens with zero attached hydrogens (tertiary/aromatic N) is 2. The number of likely N-dealkylation sites (tertiary alicyclic amines) is 1. The molecular weight excluding hydrogens is 300 g/mol. The zero-order valence-corrected chi connectivity index (χ0v) is 15.3. The fourth-order valence-corrected chi connectivity index (χ4v) is 3.68. The molecule has 1 unspecified atom stereocenters. The third-order valence-corrected chi connectivity index (χ3v) is 5.07. The summed E-state index contributed by atoms with van der Waals surface area (Å²) < 4.78 is 11.1. The first-order valence-electron chi connectivity index (χ1n) is 8.90. The number of methoxy groups -OCH3 is 1. The van der Waals surface area contributed by atoms with Crippen molar-refractivity contribution in [2.45, 2.75) is 59.0 Å². The van der Waals surface area contributed by atoms with Crippen LogP contribution < -0.4 is 4.74 Å². The molecular formula is C20H28N2O2. The maximum Gasteiger partial charge on any atom is 0.154 e. The second-order valence-electron chi connectivity index (χ2n) is 6.95. The summed E-state index contributed by atoms with van der Waals surface area (Å²) in [6.45, 7) is 8.32. The maximum atomic E-state index is 5.61. The van der Waals surface area contributed by atoms with E-state index in [0.29, 0.717) is 6.04 Å². The molecule has 0 N–H and O–H groups in total. The quantitative estimate of drug-likeness (QED) is 0.813. The molecule has 0 aliphatic carbocycles. The Balaban J connectivity index is 1.86. The highest BCUT2D eigenvalue weighted by molar-refractivity contribution is 5.41. The zero-order chi connectivity index (χ0) is 17.1. The number of aromatic nitrogens is 1. The molecule has 3 rings (SSSR count). The molecule has 1 aliphatic rings. The zero-order valence-electron chi connectivity index (χ0n) is 15.3. The summed E-state index contributed by atoms with van der Waals surface area (Å²) in [6.07, 6.45) is 4.93. The van der Waals surface area contributed by atoms with Crippen molar-refractivity contribution in [3.8, 4) is 5.75 Å². The second-order valence-corrected chi connectivity index (χ2v) is 6.95. The van der Waals surface area contributed by atoms with E-state index in [1.54, 1.807) is 7.11 Å². The van der Waals surface area contributed by atoms with Gasteiger partial charge >= 0.3 is 0 Å². The van der Waals surface area contributed by atoms with Crippen molar-refractivity contribution in [1.82, 2.24) is 10.1 Å². The number of aryl methyl sites for hydroxylation is 3. The molecule has 1 aliphatic heterocycles. The monoisotopic (exact) mass is 328 g/mol. The van der Waals surface area contributed by atoms with Gasteiger partial charge in [0.05, 0.1) is 18.8 Å². The Hall–Kier alpha value is -1.81. The molecule has 1 atom stereocenters. The Kier molecular flexibility index (Phi) is 5.24. The van der Waals surface area contributed by atoms with Crippen LogP contribution in [0.25, 0.3) is 0 Å². The lowest BCUT2D eigenvalue weighted by atomic mass is 10.0. The highest BCUT2D eigenvalue weighted by atomic mass is 16.5. The number of hydrogen-bond acceptors (Lipinski definition) is 4. The minimum atomic E-state index is 0.329. The number of benzene rings is 1. The van der Waals surface area contributed by atoms with Gasteiger partial charge in [0.15, 0.2) is 5.76 Å². The van der Waals surface area contributed by atoms with Crippen LogP contribution in [0, 0.1) is 20.8 Å². The molecule has 130 valence electrons. The molecule has 0 spiro atoms. The first-order chi connectivity index (χ1) is 11.6. The van der Waals surface area contributed by atoms with Gasteiger partial charge in [-0.25, -0.2) is 0 Å². The van der Waals surface area contributed by atoms with Crippen LogP contribution in [-0.2, 0) is 6.54 Å². The largest absolute Gasteiger partial charge is 0.496 e. The number of ether oxygens (including phenoxy) is 1. The Morgan fingerprint density at radius 3 is 2.67 bits per heavy atom. The topological polar surface area (TPSA) is 38.5 Å².